The van der Waals surface area contributed by atoms with Crippen LogP contribution in [0.4, 0.5) is 22.0 Å². The second kappa shape index (κ2) is 5.38. The maximum Gasteiger partial charge on any atom is 0.429 e. The molecule has 0 bridgehead atoms. The third-order valence-corrected chi connectivity index (χ3v) is 4.05. The van der Waals surface area contributed by atoms with Crippen molar-refractivity contribution in [2.45, 2.75) is 57.7 Å². The van der Waals surface area contributed by atoms with E-state index in [0.717, 1.165) is 6.08 Å². The zero-order valence-electron chi connectivity index (χ0n) is 11.3. The molecule has 0 radical (unpaired) electrons. The van der Waals surface area contributed by atoms with Crippen LogP contribution in [0, 0.1) is 11.8 Å². The Bertz CT molecular complexity index is 349. The van der Waals surface area contributed by atoms with E-state index in [0.29, 0.717) is 13.3 Å². The second-order valence-electron chi connectivity index (χ2n) is 5.33. The zero-order chi connectivity index (χ0) is 15.0. The van der Waals surface area contributed by atoms with Crippen LogP contribution in [-0.2, 0) is 0 Å². The topological polar surface area (TPSA) is 26.0 Å². The minimum absolute atomic E-state index is 0.147. The molecule has 2 N–H and O–H groups in total. The third kappa shape index (κ3) is 2.78. The van der Waals surface area contributed by atoms with Gasteiger partial charge in [0, 0.05) is 6.04 Å². The predicted molar refractivity (Wildman–Crippen MR) is 64.1 cm³/mol. The summed E-state index contributed by atoms with van der Waals surface area (Å²) in [6.45, 7) is 4.02. The van der Waals surface area contributed by atoms with Crippen LogP contribution in [0.5, 0.6) is 0 Å². The number of rotatable bonds is 3. The van der Waals surface area contributed by atoms with Crippen LogP contribution in [0.1, 0.15) is 33.6 Å². The van der Waals surface area contributed by atoms with E-state index in [1.165, 1.54) is 0 Å². The van der Waals surface area contributed by atoms with E-state index >= 15 is 0 Å². The first-order chi connectivity index (χ1) is 8.55. The van der Waals surface area contributed by atoms with E-state index in [1.807, 2.05) is 0 Å². The summed E-state index contributed by atoms with van der Waals surface area (Å²) in [5.41, 5.74) is 1.46. The van der Waals surface area contributed by atoms with Crippen LogP contribution < -0.4 is 5.73 Å². The molecular formula is C13H20F5N. The smallest absolute Gasteiger partial charge is 0.327 e. The van der Waals surface area contributed by atoms with Crippen LogP contribution in [0.15, 0.2) is 11.6 Å². The highest BCUT2D eigenvalue weighted by Gasteiger charge is 2.63. The molecule has 0 amide bonds. The molecule has 1 rings (SSSR count). The normalized spacial score (nSPS) is 33.5. The van der Waals surface area contributed by atoms with Crippen molar-refractivity contribution >= 4 is 0 Å². The van der Waals surface area contributed by atoms with E-state index < -0.39 is 29.5 Å². The lowest BCUT2D eigenvalue weighted by molar-refractivity contribution is -0.234. The summed E-state index contributed by atoms with van der Waals surface area (Å²) in [4.78, 5) is 0. The maximum absolute atomic E-state index is 14.3. The first-order valence-electron chi connectivity index (χ1n) is 6.42. The highest BCUT2D eigenvalue weighted by molar-refractivity contribution is 5.27. The molecule has 1 nitrogen and oxygen atoms in total. The number of hydrogen-bond acceptors (Lipinski definition) is 1. The molecule has 1 aliphatic carbocycles. The summed E-state index contributed by atoms with van der Waals surface area (Å²) in [7, 11) is 0. The van der Waals surface area contributed by atoms with Crippen molar-refractivity contribution in [3.8, 4) is 0 Å². The SMILES string of the molecule is CCC1CC(C(F)([C@@H](C)F)C(F)(F)F)=CC(C)C1N. The van der Waals surface area contributed by atoms with Gasteiger partial charge < -0.3 is 5.73 Å². The average Bonchev–Trinajstić information content (AvgIpc) is 2.29. The molecular weight excluding hydrogens is 265 g/mol. The summed E-state index contributed by atoms with van der Waals surface area (Å²) in [5, 5.41) is 0. The monoisotopic (exact) mass is 285 g/mol. The van der Waals surface area contributed by atoms with Gasteiger partial charge in [-0.1, -0.05) is 26.3 Å². The second-order valence-corrected chi connectivity index (χ2v) is 5.33. The predicted octanol–water partition coefficient (Wildman–Crippen LogP) is 3.93. The van der Waals surface area contributed by atoms with Crippen molar-refractivity contribution < 1.29 is 22.0 Å². The van der Waals surface area contributed by atoms with Crippen molar-refractivity contribution in [1.82, 2.24) is 0 Å². The van der Waals surface area contributed by atoms with E-state index in [2.05, 4.69) is 0 Å². The van der Waals surface area contributed by atoms with Crippen LogP contribution in [0.3, 0.4) is 0 Å². The molecule has 0 aliphatic heterocycles. The Balaban J connectivity index is 3.22. The summed E-state index contributed by atoms with van der Waals surface area (Å²) in [6, 6.07) is -0.318. The summed E-state index contributed by atoms with van der Waals surface area (Å²) in [5.74, 6) is -0.656. The summed E-state index contributed by atoms with van der Waals surface area (Å²) >= 11 is 0. The number of hydrogen-bond donors (Lipinski definition) is 1. The molecule has 0 spiro atoms. The number of halogens is 5. The highest BCUT2D eigenvalue weighted by Crippen LogP contribution is 2.48. The fourth-order valence-electron chi connectivity index (χ4n) is 2.69. The fraction of sp³-hybridized carbons (Fsp3) is 0.846. The van der Waals surface area contributed by atoms with E-state index in [-0.39, 0.29) is 18.4 Å². The van der Waals surface area contributed by atoms with E-state index in [9.17, 15) is 22.0 Å². The van der Waals surface area contributed by atoms with Gasteiger partial charge in [0.1, 0.15) is 6.17 Å². The Labute approximate surface area is 110 Å². The third-order valence-electron chi connectivity index (χ3n) is 4.05. The van der Waals surface area contributed by atoms with Crippen molar-refractivity contribution in [3.05, 3.63) is 11.6 Å². The van der Waals surface area contributed by atoms with Gasteiger partial charge in [-0.25, -0.2) is 8.78 Å². The highest BCUT2D eigenvalue weighted by atomic mass is 19.4. The molecule has 0 saturated carbocycles. The molecule has 0 heterocycles. The molecule has 1 aliphatic rings. The molecule has 0 saturated heterocycles. The summed E-state index contributed by atoms with van der Waals surface area (Å²) in [6.07, 6.45) is -6.35. The average molecular weight is 285 g/mol. The molecule has 0 fully saturated rings. The standard InChI is InChI=1S/C13H20F5N/c1-4-9-6-10(5-7(2)11(9)19)12(15,8(3)14)13(16,17)18/h5,7-9,11H,4,6,19H2,1-3H3/t7?,8-,9?,11?,12?/m1/s1. The van der Waals surface area contributed by atoms with Gasteiger partial charge in [-0.3, -0.25) is 0 Å². The molecule has 5 atom stereocenters. The van der Waals surface area contributed by atoms with Gasteiger partial charge in [0.2, 0.25) is 0 Å². The van der Waals surface area contributed by atoms with E-state index in [4.69, 9.17) is 5.73 Å². The minimum atomic E-state index is -5.26. The number of nitrogens with two attached hydrogens (primary N) is 1. The van der Waals surface area contributed by atoms with Gasteiger partial charge in [0.15, 0.2) is 0 Å². The van der Waals surface area contributed by atoms with Crippen molar-refractivity contribution in [3.63, 3.8) is 0 Å². The minimum Gasteiger partial charge on any atom is -0.327 e. The molecule has 19 heavy (non-hydrogen) atoms. The van der Waals surface area contributed by atoms with Crippen LogP contribution in [0.25, 0.3) is 0 Å². The van der Waals surface area contributed by atoms with Gasteiger partial charge in [0.25, 0.3) is 5.67 Å². The van der Waals surface area contributed by atoms with Gasteiger partial charge >= 0.3 is 6.18 Å². The number of allylic oxidation sites excluding steroid dienone is 1. The largest absolute Gasteiger partial charge is 0.429 e. The lowest BCUT2D eigenvalue weighted by atomic mass is 9.72. The van der Waals surface area contributed by atoms with Crippen molar-refractivity contribution in [2.24, 2.45) is 17.6 Å². The lowest BCUT2D eigenvalue weighted by Crippen LogP contribution is -2.52. The van der Waals surface area contributed by atoms with Crippen molar-refractivity contribution in [2.75, 3.05) is 0 Å². The molecule has 4 unspecified atom stereocenters. The van der Waals surface area contributed by atoms with Crippen LogP contribution >= 0.6 is 0 Å². The Morgan fingerprint density at radius 1 is 1.37 bits per heavy atom. The summed E-state index contributed by atoms with van der Waals surface area (Å²) < 4.78 is 66.4. The Morgan fingerprint density at radius 2 is 1.89 bits per heavy atom. The quantitative estimate of drug-likeness (QED) is 0.617. The Morgan fingerprint density at radius 3 is 2.26 bits per heavy atom. The van der Waals surface area contributed by atoms with Gasteiger partial charge in [0.05, 0.1) is 0 Å². The number of alkyl halides is 5. The van der Waals surface area contributed by atoms with Gasteiger partial charge in [-0.05, 0) is 30.8 Å². The molecule has 0 aromatic rings. The Hall–Kier alpha value is -0.650. The zero-order valence-corrected chi connectivity index (χ0v) is 11.3. The Kier molecular flexibility index (Phi) is 4.65. The molecule has 6 heteroatoms. The molecule has 0 aromatic heterocycles. The fourth-order valence-corrected chi connectivity index (χ4v) is 2.69. The van der Waals surface area contributed by atoms with Crippen molar-refractivity contribution in [1.29, 1.82) is 0 Å². The lowest BCUT2D eigenvalue weighted by Gasteiger charge is -2.39. The van der Waals surface area contributed by atoms with Crippen LogP contribution in [0.2, 0.25) is 0 Å². The maximum atomic E-state index is 14.3. The van der Waals surface area contributed by atoms with E-state index in [1.54, 1.807) is 13.8 Å². The molecule has 0 aromatic carbocycles. The molecule has 112 valence electrons. The van der Waals surface area contributed by atoms with Gasteiger partial charge in [-0.2, -0.15) is 13.2 Å². The first-order valence-corrected chi connectivity index (χ1v) is 6.42. The first kappa shape index (κ1) is 16.4. The van der Waals surface area contributed by atoms with Gasteiger partial charge in [-0.15, -0.1) is 0 Å². The van der Waals surface area contributed by atoms with Crippen LogP contribution in [-0.4, -0.2) is 24.1 Å².